The molecule has 0 atom stereocenters. The largest absolute Gasteiger partial charge is 0.534 e. The third-order valence-corrected chi connectivity index (χ3v) is 4.05. The summed E-state index contributed by atoms with van der Waals surface area (Å²) in [4.78, 5) is 0. The zero-order chi connectivity index (χ0) is 17.1. The van der Waals surface area contributed by atoms with E-state index in [9.17, 15) is 21.6 Å². The predicted octanol–water partition coefficient (Wildman–Crippen LogP) is 4.25. The van der Waals surface area contributed by atoms with E-state index in [-0.39, 0.29) is 11.1 Å². The zero-order valence-electron chi connectivity index (χ0n) is 12.3. The number of halogens is 3. The number of ether oxygens (including phenoxy) is 1. The number of rotatable bonds is 6. The van der Waals surface area contributed by atoms with Crippen molar-refractivity contribution >= 4 is 20.9 Å². The number of alkyl halides is 3. The lowest BCUT2D eigenvalue weighted by atomic mass is 10.1. The lowest BCUT2D eigenvalue weighted by molar-refractivity contribution is -0.0499. The maximum atomic E-state index is 12.5. The van der Waals surface area contributed by atoms with Crippen LogP contribution in [0.5, 0.6) is 11.5 Å². The topological polar surface area (TPSA) is 52.6 Å². The quantitative estimate of drug-likeness (QED) is 0.445. The van der Waals surface area contributed by atoms with Gasteiger partial charge in [0.15, 0.2) is 5.75 Å². The third-order valence-electron chi connectivity index (χ3n) is 3.08. The molecule has 0 fully saturated rings. The van der Waals surface area contributed by atoms with Crippen LogP contribution < -0.4 is 8.92 Å². The fourth-order valence-corrected chi connectivity index (χ4v) is 2.42. The highest BCUT2D eigenvalue weighted by Crippen LogP contribution is 2.35. The number of hydrogen-bond acceptors (Lipinski definition) is 4. The molecular weight excluding hydrogens is 333 g/mol. The smallest absolute Gasteiger partial charge is 0.493 e. The van der Waals surface area contributed by atoms with Crippen molar-refractivity contribution in [3.8, 4) is 11.5 Å². The summed E-state index contributed by atoms with van der Waals surface area (Å²) in [6.07, 6.45) is 1.76. The van der Waals surface area contributed by atoms with Gasteiger partial charge in [-0.05, 0) is 18.6 Å². The molecule has 0 unspecified atom stereocenters. The van der Waals surface area contributed by atoms with Crippen LogP contribution in [0.25, 0.3) is 10.8 Å². The van der Waals surface area contributed by atoms with Crippen LogP contribution in [0.3, 0.4) is 0 Å². The van der Waals surface area contributed by atoms with Crippen LogP contribution in [0.15, 0.2) is 36.4 Å². The van der Waals surface area contributed by atoms with Crippen LogP contribution in [0.1, 0.15) is 19.8 Å². The first kappa shape index (κ1) is 17.4. The molecule has 0 heterocycles. The zero-order valence-corrected chi connectivity index (χ0v) is 13.1. The fraction of sp³-hybridized carbons (Fsp3) is 0.333. The van der Waals surface area contributed by atoms with Crippen molar-refractivity contribution in [2.45, 2.75) is 25.3 Å². The van der Waals surface area contributed by atoms with Crippen molar-refractivity contribution in [1.29, 1.82) is 0 Å². The van der Waals surface area contributed by atoms with Gasteiger partial charge in [-0.25, -0.2) is 0 Å². The highest BCUT2D eigenvalue weighted by atomic mass is 32.2. The second-order valence-corrected chi connectivity index (χ2v) is 6.33. The van der Waals surface area contributed by atoms with E-state index in [0.717, 1.165) is 12.8 Å². The van der Waals surface area contributed by atoms with Gasteiger partial charge < -0.3 is 8.92 Å². The lowest BCUT2D eigenvalue weighted by Crippen LogP contribution is -2.28. The Kier molecular flexibility index (Phi) is 5.03. The third kappa shape index (κ3) is 3.87. The van der Waals surface area contributed by atoms with Gasteiger partial charge in [0.1, 0.15) is 5.75 Å². The van der Waals surface area contributed by atoms with Crippen molar-refractivity contribution in [1.82, 2.24) is 0 Å². The van der Waals surface area contributed by atoms with Gasteiger partial charge in [0.2, 0.25) is 0 Å². The Morgan fingerprint density at radius 2 is 1.57 bits per heavy atom. The number of unbranched alkanes of at least 4 members (excludes halogenated alkanes) is 1. The molecule has 0 saturated carbocycles. The van der Waals surface area contributed by atoms with Gasteiger partial charge in [-0.2, -0.15) is 21.6 Å². The van der Waals surface area contributed by atoms with Gasteiger partial charge in [0, 0.05) is 10.8 Å². The summed E-state index contributed by atoms with van der Waals surface area (Å²) in [5.74, 6) is 0.0755. The highest BCUT2D eigenvalue weighted by molar-refractivity contribution is 7.88. The summed E-state index contributed by atoms with van der Waals surface area (Å²) >= 11 is 0. The first-order valence-corrected chi connectivity index (χ1v) is 8.32. The number of hydrogen-bond donors (Lipinski definition) is 0. The first-order chi connectivity index (χ1) is 10.8. The minimum absolute atomic E-state index is 0.231. The SMILES string of the molecule is CCCCOc1cccc2c(OS(=O)(=O)C(F)(F)F)cccc12. The fourth-order valence-electron chi connectivity index (χ4n) is 1.94. The van der Waals surface area contributed by atoms with Gasteiger partial charge >= 0.3 is 15.6 Å². The van der Waals surface area contributed by atoms with E-state index in [0.29, 0.717) is 17.7 Å². The Hall–Kier alpha value is -1.96. The van der Waals surface area contributed by atoms with E-state index >= 15 is 0 Å². The monoisotopic (exact) mass is 348 g/mol. The molecule has 0 aromatic heterocycles. The maximum absolute atomic E-state index is 12.5. The van der Waals surface area contributed by atoms with Crippen LogP contribution in [0.2, 0.25) is 0 Å². The van der Waals surface area contributed by atoms with Gasteiger partial charge in [-0.15, -0.1) is 0 Å². The molecule has 126 valence electrons. The Labute approximate surface area is 131 Å². The molecule has 2 rings (SSSR count). The van der Waals surface area contributed by atoms with Crippen molar-refractivity contribution in [2.24, 2.45) is 0 Å². The van der Waals surface area contributed by atoms with E-state index in [4.69, 9.17) is 4.74 Å². The summed E-state index contributed by atoms with van der Waals surface area (Å²) in [7, 11) is -5.72. The molecule has 2 aromatic carbocycles. The second-order valence-electron chi connectivity index (χ2n) is 4.79. The van der Waals surface area contributed by atoms with Gasteiger partial charge in [-0.1, -0.05) is 37.6 Å². The van der Waals surface area contributed by atoms with Gasteiger partial charge in [-0.3, -0.25) is 0 Å². The lowest BCUT2D eigenvalue weighted by Gasteiger charge is -2.13. The molecule has 0 spiro atoms. The van der Waals surface area contributed by atoms with Gasteiger partial charge in [0.25, 0.3) is 0 Å². The molecule has 0 radical (unpaired) electrons. The van der Waals surface area contributed by atoms with Crippen molar-refractivity contribution in [3.63, 3.8) is 0 Å². The van der Waals surface area contributed by atoms with Crippen molar-refractivity contribution in [2.75, 3.05) is 6.61 Å². The molecule has 23 heavy (non-hydrogen) atoms. The normalized spacial score (nSPS) is 12.3. The van der Waals surface area contributed by atoms with E-state index in [2.05, 4.69) is 4.18 Å². The van der Waals surface area contributed by atoms with E-state index < -0.39 is 15.6 Å². The van der Waals surface area contributed by atoms with E-state index in [1.807, 2.05) is 6.92 Å². The average Bonchev–Trinajstić information content (AvgIpc) is 2.47. The summed E-state index contributed by atoms with van der Waals surface area (Å²) in [6.45, 7) is 2.46. The Balaban J connectivity index is 2.41. The number of fused-ring (bicyclic) bond motifs is 1. The van der Waals surface area contributed by atoms with Gasteiger partial charge in [0.05, 0.1) is 6.61 Å². The highest BCUT2D eigenvalue weighted by Gasteiger charge is 2.48. The maximum Gasteiger partial charge on any atom is 0.534 e. The molecule has 0 bridgehead atoms. The summed E-state index contributed by atoms with van der Waals surface area (Å²) in [5.41, 5.74) is -5.48. The molecule has 0 amide bonds. The second kappa shape index (κ2) is 6.66. The summed E-state index contributed by atoms with van der Waals surface area (Å²) in [5, 5.41) is 0.716. The van der Waals surface area contributed by atoms with Crippen LogP contribution >= 0.6 is 0 Å². The molecule has 4 nitrogen and oxygen atoms in total. The van der Waals surface area contributed by atoms with Crippen LogP contribution in [-0.2, 0) is 10.1 Å². The molecular formula is C15H15F3O4S. The molecule has 0 N–H and O–H groups in total. The van der Waals surface area contributed by atoms with Crippen molar-refractivity contribution in [3.05, 3.63) is 36.4 Å². The Bertz CT molecular complexity index is 785. The van der Waals surface area contributed by atoms with Crippen LogP contribution in [0, 0.1) is 0 Å². The predicted molar refractivity (Wildman–Crippen MR) is 80.0 cm³/mol. The molecule has 0 aliphatic heterocycles. The molecule has 8 heteroatoms. The molecule has 0 aliphatic rings. The minimum atomic E-state index is -5.72. The number of benzene rings is 2. The van der Waals surface area contributed by atoms with Crippen molar-refractivity contribution < 1.29 is 30.5 Å². The minimum Gasteiger partial charge on any atom is -0.493 e. The van der Waals surface area contributed by atoms with E-state index in [1.54, 1.807) is 18.2 Å². The van der Waals surface area contributed by atoms with E-state index in [1.165, 1.54) is 18.2 Å². The summed E-state index contributed by atoms with van der Waals surface area (Å²) < 4.78 is 69.6. The Morgan fingerprint density at radius 3 is 2.13 bits per heavy atom. The molecule has 0 saturated heterocycles. The molecule has 2 aromatic rings. The molecule has 0 aliphatic carbocycles. The Morgan fingerprint density at radius 1 is 1.00 bits per heavy atom. The standard InChI is InChI=1S/C15H15F3O4S/c1-2-3-10-21-13-8-4-7-12-11(13)6-5-9-14(12)22-23(19,20)15(16,17)18/h4-9H,2-3,10H2,1H3. The summed E-state index contributed by atoms with van der Waals surface area (Å²) in [6, 6.07) is 8.92. The van der Waals surface area contributed by atoms with Crippen LogP contribution in [0.4, 0.5) is 13.2 Å². The first-order valence-electron chi connectivity index (χ1n) is 6.91. The average molecular weight is 348 g/mol. The van der Waals surface area contributed by atoms with Crippen LogP contribution in [-0.4, -0.2) is 20.5 Å².